The van der Waals surface area contributed by atoms with Crippen LogP contribution in [0.2, 0.25) is 0 Å². The van der Waals surface area contributed by atoms with Gasteiger partial charge >= 0.3 is 24.0 Å². The summed E-state index contributed by atoms with van der Waals surface area (Å²) < 4.78 is 20.7. The molecule has 0 atom stereocenters. The lowest BCUT2D eigenvalue weighted by Gasteiger charge is -2.30. The molecule has 292 valence electrons. The maximum Gasteiger partial charge on any atom is 0.407 e. The molecule has 0 unspecified atom stereocenters. The van der Waals surface area contributed by atoms with E-state index in [4.69, 9.17) is 58.0 Å². The Labute approximate surface area is 303 Å². The highest BCUT2D eigenvalue weighted by Crippen LogP contribution is 2.17. The van der Waals surface area contributed by atoms with Crippen molar-refractivity contribution in [3.05, 3.63) is 75.9 Å². The van der Waals surface area contributed by atoms with Gasteiger partial charge in [-0.25, -0.2) is 48.5 Å². The Morgan fingerprint density at radius 1 is 0.558 bits per heavy atom. The lowest BCUT2D eigenvalue weighted by Crippen LogP contribution is -2.50. The molecule has 0 aliphatic carbocycles. The summed E-state index contributed by atoms with van der Waals surface area (Å²) in [7, 11) is 0. The molecule has 0 radical (unpaired) electrons. The second-order valence-electron chi connectivity index (χ2n) is 10.2. The standard InChI is InChI=1S/C34H50N2O16/c1-7-19-44-47-25-33(26-48-45-20-8-2,27-49-46-21-9-3)51-32(40)36-18-16-14-13-15-17-35-28-50-52-34(22-41-29(37)10-4,23-42-30(38)11-5)24-43-31(39)12-6/h7-12,28H,1-6,13-27H2,(H,36,40). The van der Waals surface area contributed by atoms with Gasteiger partial charge < -0.3 is 29.2 Å². The number of carbonyl (C=O) groups is 4. The molecule has 0 aromatic carbocycles. The molecule has 0 rings (SSSR count). The second kappa shape index (κ2) is 31.1. The van der Waals surface area contributed by atoms with Crippen LogP contribution in [0.3, 0.4) is 0 Å². The van der Waals surface area contributed by atoms with Crippen LogP contribution in [0.15, 0.2) is 80.9 Å². The Balaban J connectivity index is 4.94. The van der Waals surface area contributed by atoms with Crippen molar-refractivity contribution < 1.29 is 77.2 Å². The molecule has 0 aliphatic rings. The number of nitrogens with zero attached hydrogens (tertiary/aromatic N) is 1. The third-order valence-electron chi connectivity index (χ3n) is 5.84. The average molecular weight is 743 g/mol. The van der Waals surface area contributed by atoms with E-state index >= 15 is 0 Å². The maximum absolute atomic E-state index is 12.7. The third kappa shape index (κ3) is 24.5. The highest BCUT2D eigenvalue weighted by atomic mass is 17.2. The van der Waals surface area contributed by atoms with Crippen LogP contribution in [0.25, 0.3) is 0 Å². The molecule has 0 heterocycles. The second-order valence-corrected chi connectivity index (χ2v) is 10.2. The van der Waals surface area contributed by atoms with Gasteiger partial charge in [-0.2, -0.15) is 4.89 Å². The van der Waals surface area contributed by atoms with Crippen molar-refractivity contribution in [2.24, 2.45) is 4.99 Å². The van der Waals surface area contributed by atoms with Gasteiger partial charge in [0.2, 0.25) is 12.0 Å². The first-order chi connectivity index (χ1) is 25.1. The summed E-state index contributed by atoms with van der Waals surface area (Å²) in [5, 5.41) is 2.66. The molecule has 0 fully saturated rings. The van der Waals surface area contributed by atoms with E-state index in [0.29, 0.717) is 19.4 Å². The number of alkyl carbamates (subject to hydrolysis) is 1. The predicted molar refractivity (Wildman–Crippen MR) is 184 cm³/mol. The summed E-state index contributed by atoms with van der Waals surface area (Å²) >= 11 is 0. The minimum absolute atomic E-state index is 0.0792. The number of unbranched alkanes of at least 4 members (excludes halogenated alkanes) is 3. The van der Waals surface area contributed by atoms with Gasteiger partial charge in [0.1, 0.15) is 59.5 Å². The Kier molecular flexibility index (Phi) is 28.3. The number of hydrogen-bond donors (Lipinski definition) is 1. The first-order valence-corrected chi connectivity index (χ1v) is 15.9. The lowest BCUT2D eigenvalue weighted by molar-refractivity contribution is -0.370. The molecular formula is C34H50N2O16. The van der Waals surface area contributed by atoms with Crippen LogP contribution in [0.4, 0.5) is 4.79 Å². The van der Waals surface area contributed by atoms with E-state index in [2.05, 4.69) is 49.8 Å². The largest absolute Gasteiger partial charge is 0.459 e. The van der Waals surface area contributed by atoms with Crippen LogP contribution in [0.1, 0.15) is 25.7 Å². The van der Waals surface area contributed by atoms with E-state index in [-0.39, 0.29) is 46.2 Å². The lowest BCUT2D eigenvalue weighted by atomic mass is 10.1. The van der Waals surface area contributed by atoms with Crippen molar-refractivity contribution in [1.29, 1.82) is 0 Å². The Morgan fingerprint density at radius 2 is 1.00 bits per heavy atom. The normalized spacial score (nSPS) is 11.2. The smallest absolute Gasteiger partial charge is 0.407 e. The van der Waals surface area contributed by atoms with Crippen molar-refractivity contribution in [2.45, 2.75) is 36.9 Å². The van der Waals surface area contributed by atoms with Gasteiger partial charge in [-0.1, -0.05) is 50.8 Å². The van der Waals surface area contributed by atoms with Gasteiger partial charge in [-0.3, -0.25) is 4.99 Å². The van der Waals surface area contributed by atoms with Crippen LogP contribution < -0.4 is 5.32 Å². The Bertz CT molecular complexity index is 1040. The van der Waals surface area contributed by atoms with E-state index in [1.54, 1.807) is 0 Å². The fraction of sp³-hybridized carbons (Fsp3) is 0.500. The van der Waals surface area contributed by atoms with E-state index in [1.165, 1.54) is 18.2 Å². The predicted octanol–water partition coefficient (Wildman–Crippen LogP) is 3.32. The van der Waals surface area contributed by atoms with Gasteiger partial charge in [0.05, 0.1) is 0 Å². The molecule has 0 aliphatic heterocycles. The zero-order valence-electron chi connectivity index (χ0n) is 29.4. The molecule has 0 bridgehead atoms. The highest BCUT2D eigenvalue weighted by Gasteiger charge is 2.40. The highest BCUT2D eigenvalue weighted by molar-refractivity contribution is 5.82. The quantitative estimate of drug-likeness (QED) is 0.0114. The Hall–Kier alpha value is -4.69. The number of esters is 3. The first-order valence-electron chi connectivity index (χ1n) is 15.9. The van der Waals surface area contributed by atoms with E-state index in [0.717, 1.165) is 37.5 Å². The third-order valence-corrected chi connectivity index (χ3v) is 5.84. The zero-order chi connectivity index (χ0) is 38.8. The molecule has 18 nitrogen and oxygen atoms in total. The summed E-state index contributed by atoms with van der Waals surface area (Å²) in [5.74, 6) is -2.44. The fourth-order valence-corrected chi connectivity index (χ4v) is 3.24. The molecule has 0 aromatic rings. The molecule has 18 heteroatoms. The molecular weight excluding hydrogens is 692 g/mol. The van der Waals surface area contributed by atoms with Crippen molar-refractivity contribution in [1.82, 2.24) is 5.32 Å². The summed E-state index contributed by atoms with van der Waals surface area (Å²) in [4.78, 5) is 92.6. The van der Waals surface area contributed by atoms with Crippen LogP contribution in [-0.2, 0) is 72.4 Å². The zero-order valence-corrected chi connectivity index (χ0v) is 29.4. The number of amides is 1. The topological polar surface area (TPSA) is 203 Å². The minimum Gasteiger partial charge on any atom is -0.459 e. The van der Waals surface area contributed by atoms with Crippen LogP contribution in [0.5, 0.6) is 0 Å². The number of nitrogens with one attached hydrogen (secondary N) is 1. The van der Waals surface area contributed by atoms with Gasteiger partial charge in [0.15, 0.2) is 5.60 Å². The van der Waals surface area contributed by atoms with Gasteiger partial charge in [0.25, 0.3) is 0 Å². The summed E-state index contributed by atoms with van der Waals surface area (Å²) in [6.07, 6.45) is 10.1. The van der Waals surface area contributed by atoms with Crippen LogP contribution >= 0.6 is 0 Å². The minimum atomic E-state index is -1.76. The maximum atomic E-state index is 12.7. The Morgan fingerprint density at radius 3 is 1.42 bits per heavy atom. The number of aliphatic imine (C=N–C) groups is 1. The van der Waals surface area contributed by atoms with E-state index in [1.807, 2.05) is 0 Å². The summed E-state index contributed by atoms with van der Waals surface area (Å²) in [5.41, 5.74) is -3.29. The van der Waals surface area contributed by atoms with Crippen LogP contribution in [0, 0.1) is 0 Å². The van der Waals surface area contributed by atoms with Crippen molar-refractivity contribution in [2.75, 3.05) is 72.6 Å². The molecule has 0 saturated carbocycles. The average Bonchev–Trinajstić information content (AvgIpc) is 3.15. The number of hydrogen-bond acceptors (Lipinski definition) is 17. The van der Waals surface area contributed by atoms with Gasteiger partial charge in [-0.15, -0.1) is 19.7 Å². The monoisotopic (exact) mass is 742 g/mol. The van der Waals surface area contributed by atoms with Crippen molar-refractivity contribution >= 4 is 30.4 Å². The molecule has 0 spiro atoms. The summed E-state index contributed by atoms with van der Waals surface area (Å²) in [6.45, 7) is 18.9. The van der Waals surface area contributed by atoms with E-state index in [9.17, 15) is 19.2 Å². The number of ether oxygens (including phenoxy) is 4. The summed E-state index contributed by atoms with van der Waals surface area (Å²) in [6, 6.07) is 0. The van der Waals surface area contributed by atoms with Gasteiger partial charge in [0, 0.05) is 31.3 Å². The van der Waals surface area contributed by atoms with E-state index < -0.39 is 55.0 Å². The molecule has 1 N–H and O–H groups in total. The molecule has 1 amide bonds. The molecule has 0 aromatic heterocycles. The first kappa shape index (κ1) is 47.3. The van der Waals surface area contributed by atoms with Crippen molar-refractivity contribution in [3.8, 4) is 0 Å². The molecule has 0 saturated heterocycles. The van der Waals surface area contributed by atoms with Crippen molar-refractivity contribution in [3.63, 3.8) is 0 Å². The van der Waals surface area contributed by atoms with Crippen LogP contribution in [-0.4, -0.2) is 114 Å². The molecule has 52 heavy (non-hydrogen) atoms. The van der Waals surface area contributed by atoms with Gasteiger partial charge in [-0.05, 0) is 12.8 Å². The number of carbonyl (C=O) groups excluding carboxylic acids is 4. The number of rotatable bonds is 35. The fourth-order valence-electron chi connectivity index (χ4n) is 3.24. The SMILES string of the molecule is C=CCOOCC(COOCC=C)(COOCC=C)OC(=O)NCCCCCCN=COOC(COC(=O)C=C)(COC(=O)C=C)COC(=O)C=C.